The maximum atomic E-state index is 14.0. The molecular formula is C18H14ClFN2O2. The van der Waals surface area contributed by atoms with E-state index in [1.165, 1.54) is 6.07 Å². The van der Waals surface area contributed by atoms with E-state index in [0.717, 1.165) is 5.56 Å². The van der Waals surface area contributed by atoms with E-state index < -0.39 is 5.97 Å². The number of carboxylic acids is 1. The Morgan fingerprint density at radius 2 is 1.79 bits per heavy atom. The van der Waals surface area contributed by atoms with Crippen molar-refractivity contribution in [2.75, 3.05) is 0 Å². The van der Waals surface area contributed by atoms with E-state index in [2.05, 4.69) is 4.98 Å². The lowest BCUT2D eigenvalue weighted by Gasteiger charge is -2.12. The van der Waals surface area contributed by atoms with Gasteiger partial charge in [0.25, 0.3) is 0 Å². The summed E-state index contributed by atoms with van der Waals surface area (Å²) >= 11 is 6.16. The highest BCUT2D eigenvalue weighted by atomic mass is 35.5. The third-order valence-electron chi connectivity index (χ3n) is 3.66. The molecule has 0 saturated heterocycles. The van der Waals surface area contributed by atoms with Crippen molar-refractivity contribution < 1.29 is 14.3 Å². The van der Waals surface area contributed by atoms with Gasteiger partial charge in [-0.25, -0.2) is 9.37 Å². The fourth-order valence-corrected chi connectivity index (χ4v) is 2.79. The molecule has 0 radical (unpaired) electrons. The summed E-state index contributed by atoms with van der Waals surface area (Å²) in [7, 11) is 0. The number of carbonyl (C=O) groups is 1. The molecular weight excluding hydrogens is 331 g/mol. The summed E-state index contributed by atoms with van der Waals surface area (Å²) in [6.07, 6.45) is -0.285. The summed E-state index contributed by atoms with van der Waals surface area (Å²) in [5, 5.41) is 9.26. The molecule has 0 aliphatic rings. The molecule has 0 fully saturated rings. The minimum Gasteiger partial charge on any atom is -0.481 e. The third-order valence-corrected chi connectivity index (χ3v) is 3.96. The van der Waals surface area contributed by atoms with Gasteiger partial charge >= 0.3 is 5.97 Å². The second kappa shape index (κ2) is 6.84. The maximum Gasteiger partial charge on any atom is 0.309 e. The molecule has 6 heteroatoms. The van der Waals surface area contributed by atoms with Crippen LogP contribution in [0.15, 0.2) is 54.6 Å². The number of benzene rings is 2. The zero-order valence-corrected chi connectivity index (χ0v) is 13.4. The Morgan fingerprint density at radius 3 is 2.46 bits per heavy atom. The lowest BCUT2D eigenvalue weighted by molar-refractivity contribution is -0.136. The van der Waals surface area contributed by atoms with Gasteiger partial charge in [0.2, 0.25) is 0 Å². The highest BCUT2D eigenvalue weighted by molar-refractivity contribution is 6.30. The van der Waals surface area contributed by atoms with Gasteiger partial charge < -0.3 is 9.67 Å². The van der Waals surface area contributed by atoms with Crippen molar-refractivity contribution in [1.29, 1.82) is 0 Å². The number of rotatable bonds is 5. The van der Waals surface area contributed by atoms with Crippen molar-refractivity contribution in [2.45, 2.75) is 13.0 Å². The SMILES string of the molecule is O=C(O)Cc1c(Cl)nc(-c2ccccc2)n1Cc1ccccc1F. The third kappa shape index (κ3) is 3.31. The molecule has 0 bridgehead atoms. The van der Waals surface area contributed by atoms with Crippen LogP contribution in [0.3, 0.4) is 0 Å². The second-order valence-corrected chi connectivity index (χ2v) is 5.65. The summed E-state index contributed by atoms with van der Waals surface area (Å²) in [4.78, 5) is 15.5. The van der Waals surface area contributed by atoms with Crippen molar-refractivity contribution in [2.24, 2.45) is 0 Å². The number of imidazole rings is 1. The van der Waals surface area contributed by atoms with Crippen LogP contribution < -0.4 is 0 Å². The Morgan fingerprint density at radius 1 is 1.12 bits per heavy atom. The van der Waals surface area contributed by atoms with Crippen molar-refractivity contribution in [1.82, 2.24) is 9.55 Å². The van der Waals surface area contributed by atoms with Crippen LogP contribution in [-0.2, 0) is 17.8 Å². The van der Waals surface area contributed by atoms with Gasteiger partial charge in [0, 0.05) is 11.1 Å². The van der Waals surface area contributed by atoms with E-state index in [1.807, 2.05) is 30.3 Å². The summed E-state index contributed by atoms with van der Waals surface area (Å²) in [5.41, 5.74) is 1.58. The van der Waals surface area contributed by atoms with Crippen LogP contribution in [0.1, 0.15) is 11.3 Å². The first-order chi connectivity index (χ1) is 11.6. The van der Waals surface area contributed by atoms with E-state index in [9.17, 15) is 9.18 Å². The molecule has 122 valence electrons. The Hall–Kier alpha value is -2.66. The molecule has 3 rings (SSSR count). The molecule has 0 unspecified atom stereocenters. The van der Waals surface area contributed by atoms with Gasteiger partial charge in [0.05, 0.1) is 18.7 Å². The molecule has 0 atom stereocenters. The summed E-state index contributed by atoms with van der Waals surface area (Å²) in [6, 6.07) is 15.6. The minimum absolute atomic E-state index is 0.118. The molecule has 1 heterocycles. The van der Waals surface area contributed by atoms with Crippen LogP contribution in [0.25, 0.3) is 11.4 Å². The highest BCUT2D eigenvalue weighted by Crippen LogP contribution is 2.27. The number of halogens is 2. The number of aliphatic carboxylic acids is 1. The van der Waals surface area contributed by atoms with Crippen LogP contribution in [0.5, 0.6) is 0 Å². The highest BCUT2D eigenvalue weighted by Gasteiger charge is 2.20. The van der Waals surface area contributed by atoms with E-state index in [1.54, 1.807) is 22.8 Å². The molecule has 0 spiro atoms. The van der Waals surface area contributed by atoms with Gasteiger partial charge in [0.1, 0.15) is 11.6 Å². The first kappa shape index (κ1) is 16.2. The smallest absolute Gasteiger partial charge is 0.309 e. The van der Waals surface area contributed by atoms with Crippen LogP contribution in [0, 0.1) is 5.82 Å². The molecule has 0 amide bonds. The van der Waals surface area contributed by atoms with Crippen molar-refractivity contribution in [3.63, 3.8) is 0 Å². The summed E-state index contributed by atoms with van der Waals surface area (Å²) in [5.74, 6) is -0.867. The lowest BCUT2D eigenvalue weighted by Crippen LogP contribution is -2.11. The average Bonchev–Trinajstić information content (AvgIpc) is 2.86. The number of hydrogen-bond donors (Lipinski definition) is 1. The monoisotopic (exact) mass is 344 g/mol. The molecule has 1 N–H and O–H groups in total. The summed E-state index contributed by atoms with van der Waals surface area (Å²) < 4.78 is 15.7. The second-order valence-electron chi connectivity index (χ2n) is 5.29. The fourth-order valence-electron chi connectivity index (χ4n) is 2.54. The van der Waals surface area contributed by atoms with Gasteiger partial charge in [-0.05, 0) is 6.07 Å². The quantitative estimate of drug-likeness (QED) is 0.760. The van der Waals surface area contributed by atoms with Gasteiger partial charge in [-0.1, -0.05) is 60.1 Å². The van der Waals surface area contributed by atoms with Crippen molar-refractivity contribution in [3.8, 4) is 11.4 Å². The first-order valence-corrected chi connectivity index (χ1v) is 7.69. The average molecular weight is 345 g/mol. The minimum atomic E-state index is -1.02. The first-order valence-electron chi connectivity index (χ1n) is 7.32. The Bertz CT molecular complexity index is 878. The topological polar surface area (TPSA) is 55.1 Å². The van der Waals surface area contributed by atoms with Crippen molar-refractivity contribution in [3.05, 3.63) is 76.8 Å². The van der Waals surface area contributed by atoms with Crippen LogP contribution in [0.4, 0.5) is 4.39 Å². The van der Waals surface area contributed by atoms with Gasteiger partial charge in [-0.3, -0.25) is 4.79 Å². The zero-order chi connectivity index (χ0) is 17.1. The van der Waals surface area contributed by atoms with Crippen LogP contribution in [-0.4, -0.2) is 20.6 Å². The maximum absolute atomic E-state index is 14.0. The number of nitrogens with zero attached hydrogens (tertiary/aromatic N) is 2. The van der Waals surface area contributed by atoms with Gasteiger partial charge in [0.15, 0.2) is 5.15 Å². The largest absolute Gasteiger partial charge is 0.481 e. The normalized spacial score (nSPS) is 10.8. The number of aromatic nitrogens is 2. The van der Waals surface area contributed by atoms with Crippen LogP contribution >= 0.6 is 11.6 Å². The van der Waals surface area contributed by atoms with E-state index in [-0.39, 0.29) is 23.9 Å². The fraction of sp³-hybridized carbons (Fsp3) is 0.111. The zero-order valence-electron chi connectivity index (χ0n) is 12.6. The lowest BCUT2D eigenvalue weighted by atomic mass is 10.1. The Balaban J connectivity index is 2.13. The van der Waals surface area contributed by atoms with E-state index in [0.29, 0.717) is 17.1 Å². The number of hydrogen-bond acceptors (Lipinski definition) is 2. The molecule has 1 aromatic heterocycles. The van der Waals surface area contributed by atoms with Crippen molar-refractivity contribution >= 4 is 17.6 Å². The molecule has 0 saturated carbocycles. The Labute approximate surface area is 143 Å². The molecule has 3 aromatic rings. The van der Waals surface area contributed by atoms with Gasteiger partial charge in [-0.15, -0.1) is 0 Å². The molecule has 2 aromatic carbocycles. The Kier molecular flexibility index (Phi) is 4.62. The van der Waals surface area contributed by atoms with Crippen LogP contribution in [0.2, 0.25) is 5.15 Å². The standard InChI is InChI=1S/C18H14ClFN2O2/c19-17-15(10-16(23)24)22(11-13-8-4-5-9-14(13)20)18(21-17)12-6-2-1-3-7-12/h1-9H,10-11H2,(H,23,24). The molecule has 0 aliphatic heterocycles. The van der Waals surface area contributed by atoms with E-state index >= 15 is 0 Å². The van der Waals surface area contributed by atoms with E-state index in [4.69, 9.17) is 16.7 Å². The van der Waals surface area contributed by atoms with Gasteiger partial charge in [-0.2, -0.15) is 0 Å². The molecule has 4 nitrogen and oxygen atoms in total. The predicted octanol–water partition coefficient (Wildman–Crippen LogP) is 4.02. The number of carboxylic acid groups (broad SMARTS) is 1. The molecule has 0 aliphatic carbocycles. The predicted molar refractivity (Wildman–Crippen MR) is 89.5 cm³/mol. The molecule has 24 heavy (non-hydrogen) atoms. The summed E-state index contributed by atoms with van der Waals surface area (Å²) in [6.45, 7) is 0.152.